The molecule has 0 spiro atoms. The molecule has 2 aromatic heterocycles. The van der Waals surface area contributed by atoms with Gasteiger partial charge in [0, 0.05) is 16.4 Å². The summed E-state index contributed by atoms with van der Waals surface area (Å²) >= 11 is 0. The molecule has 3 heteroatoms. The van der Waals surface area contributed by atoms with Crippen LogP contribution in [0.1, 0.15) is 26.5 Å². The van der Waals surface area contributed by atoms with Crippen LogP contribution in [0.25, 0.3) is 44.6 Å². The zero-order valence-electron chi connectivity index (χ0n) is 16.8. The fraction of sp³-hybridized carbons (Fsp3) is 0.154. The molecule has 29 heavy (non-hydrogen) atoms. The van der Waals surface area contributed by atoms with Gasteiger partial charge in [0.1, 0.15) is 5.58 Å². The van der Waals surface area contributed by atoms with Crippen LogP contribution < -0.4 is 0 Å². The molecule has 0 N–H and O–H groups in total. The number of hydrogen-bond acceptors (Lipinski definition) is 3. The number of benzene rings is 3. The average molecular weight is 378 g/mol. The largest absolute Gasteiger partial charge is 0.438 e. The van der Waals surface area contributed by atoms with E-state index in [0.717, 1.165) is 27.6 Å². The fourth-order valence-corrected chi connectivity index (χ4v) is 3.74. The number of para-hydroxylation sites is 1. The molecule has 0 amide bonds. The maximum absolute atomic E-state index is 6.09. The van der Waals surface area contributed by atoms with Crippen molar-refractivity contribution in [2.75, 3.05) is 0 Å². The summed E-state index contributed by atoms with van der Waals surface area (Å²) in [6, 6.07) is 26.8. The first kappa shape index (κ1) is 17.6. The molecule has 142 valence electrons. The van der Waals surface area contributed by atoms with E-state index in [9.17, 15) is 0 Å². The van der Waals surface area contributed by atoms with Gasteiger partial charge in [0.05, 0.1) is 11.1 Å². The number of fused-ring (bicyclic) bond motifs is 3. The molecule has 0 aliphatic carbocycles. The molecule has 5 rings (SSSR count). The van der Waals surface area contributed by atoms with Gasteiger partial charge in [-0.1, -0.05) is 93.6 Å². The van der Waals surface area contributed by atoms with Gasteiger partial charge in [0.25, 0.3) is 0 Å². The third-order valence-electron chi connectivity index (χ3n) is 5.20. The predicted octanol–water partition coefficient (Wildman–Crippen LogP) is 7.01. The summed E-state index contributed by atoms with van der Waals surface area (Å²) in [4.78, 5) is 9.78. The topological polar surface area (TPSA) is 38.9 Å². The smallest absolute Gasteiger partial charge is 0.231 e. The Labute approximate surface area is 170 Å². The highest BCUT2D eigenvalue weighted by Crippen LogP contribution is 2.36. The highest BCUT2D eigenvalue weighted by Gasteiger charge is 2.24. The molecule has 3 nitrogen and oxygen atoms in total. The van der Waals surface area contributed by atoms with E-state index in [1.807, 2.05) is 24.3 Å². The second-order valence-corrected chi connectivity index (χ2v) is 8.37. The van der Waals surface area contributed by atoms with Crippen molar-refractivity contribution in [2.24, 2.45) is 0 Å². The van der Waals surface area contributed by atoms with Crippen LogP contribution in [-0.2, 0) is 5.41 Å². The summed E-state index contributed by atoms with van der Waals surface area (Å²) in [5.74, 6) is 0.695. The van der Waals surface area contributed by atoms with Gasteiger partial charge in [-0.3, -0.25) is 0 Å². The van der Waals surface area contributed by atoms with E-state index < -0.39 is 0 Å². The molecule has 0 unspecified atom stereocenters. The van der Waals surface area contributed by atoms with Gasteiger partial charge < -0.3 is 4.42 Å². The Kier molecular flexibility index (Phi) is 3.99. The predicted molar refractivity (Wildman–Crippen MR) is 119 cm³/mol. The first-order valence-corrected chi connectivity index (χ1v) is 9.86. The van der Waals surface area contributed by atoms with Gasteiger partial charge in [-0.2, -0.15) is 4.98 Å². The van der Waals surface area contributed by atoms with Crippen LogP contribution in [0.5, 0.6) is 0 Å². The van der Waals surface area contributed by atoms with Crippen LogP contribution in [0.3, 0.4) is 0 Å². The van der Waals surface area contributed by atoms with Gasteiger partial charge >= 0.3 is 0 Å². The zero-order chi connectivity index (χ0) is 20.0. The molecule has 2 heterocycles. The number of hydrogen-bond donors (Lipinski definition) is 0. The Bertz CT molecular complexity index is 1310. The van der Waals surface area contributed by atoms with E-state index in [2.05, 4.69) is 75.4 Å². The molecule has 0 aliphatic heterocycles. The van der Waals surface area contributed by atoms with Crippen LogP contribution in [0.2, 0.25) is 0 Å². The van der Waals surface area contributed by atoms with Gasteiger partial charge in [-0.15, -0.1) is 0 Å². The lowest BCUT2D eigenvalue weighted by Crippen LogP contribution is -2.15. The number of aromatic nitrogens is 2. The first-order chi connectivity index (χ1) is 14.0. The van der Waals surface area contributed by atoms with Crippen LogP contribution in [0.4, 0.5) is 0 Å². The maximum atomic E-state index is 6.09. The molecule has 0 atom stereocenters. The van der Waals surface area contributed by atoms with Crippen LogP contribution in [-0.4, -0.2) is 9.97 Å². The minimum absolute atomic E-state index is 0.132. The minimum atomic E-state index is -0.132. The molecule has 0 bridgehead atoms. The highest BCUT2D eigenvalue weighted by atomic mass is 16.3. The van der Waals surface area contributed by atoms with Gasteiger partial charge in [-0.05, 0) is 17.2 Å². The molecule has 5 aromatic rings. The highest BCUT2D eigenvalue weighted by molar-refractivity contribution is 6.05. The summed E-state index contributed by atoms with van der Waals surface area (Å²) in [5, 5.41) is 2.08. The molecule has 0 aliphatic rings. The van der Waals surface area contributed by atoms with Crippen LogP contribution >= 0.6 is 0 Å². The summed E-state index contributed by atoms with van der Waals surface area (Å²) in [7, 11) is 0. The van der Waals surface area contributed by atoms with Crippen molar-refractivity contribution in [3.8, 4) is 22.5 Å². The third kappa shape index (κ3) is 3.09. The van der Waals surface area contributed by atoms with Crippen molar-refractivity contribution in [2.45, 2.75) is 26.2 Å². The van der Waals surface area contributed by atoms with Crippen molar-refractivity contribution in [1.29, 1.82) is 0 Å². The van der Waals surface area contributed by atoms with E-state index in [0.29, 0.717) is 11.5 Å². The van der Waals surface area contributed by atoms with E-state index in [-0.39, 0.29) is 5.41 Å². The normalized spacial score (nSPS) is 12.0. The SMILES string of the molecule is CC(C)(C)c1nc(-c2ccc(-c3ccccc3)cc2)nc2oc3ccccc3c12. The number of rotatable bonds is 2. The molecule has 0 saturated heterocycles. The van der Waals surface area contributed by atoms with Crippen LogP contribution in [0.15, 0.2) is 83.3 Å². The maximum Gasteiger partial charge on any atom is 0.231 e. The summed E-state index contributed by atoms with van der Waals surface area (Å²) < 4.78 is 6.09. The van der Waals surface area contributed by atoms with Crippen molar-refractivity contribution in [1.82, 2.24) is 9.97 Å². The number of nitrogens with zero attached hydrogens (tertiary/aromatic N) is 2. The van der Waals surface area contributed by atoms with Crippen LogP contribution in [0, 0.1) is 0 Å². The van der Waals surface area contributed by atoms with E-state index in [1.54, 1.807) is 0 Å². The van der Waals surface area contributed by atoms with Crippen molar-refractivity contribution >= 4 is 22.1 Å². The van der Waals surface area contributed by atoms with Crippen molar-refractivity contribution < 1.29 is 4.42 Å². The Morgan fingerprint density at radius 2 is 1.28 bits per heavy atom. The van der Waals surface area contributed by atoms with Gasteiger partial charge in [-0.25, -0.2) is 4.98 Å². The summed E-state index contributed by atoms with van der Waals surface area (Å²) in [6.07, 6.45) is 0. The van der Waals surface area contributed by atoms with Crippen molar-refractivity contribution in [3.05, 3.63) is 84.6 Å². The van der Waals surface area contributed by atoms with E-state index in [4.69, 9.17) is 14.4 Å². The molecular weight excluding hydrogens is 356 g/mol. The lowest BCUT2D eigenvalue weighted by molar-refractivity contribution is 0.572. The zero-order valence-corrected chi connectivity index (χ0v) is 16.8. The Balaban J connectivity index is 1.68. The quantitative estimate of drug-likeness (QED) is 0.332. The Hall–Kier alpha value is -3.46. The first-order valence-electron chi connectivity index (χ1n) is 9.86. The van der Waals surface area contributed by atoms with E-state index >= 15 is 0 Å². The average Bonchev–Trinajstić information content (AvgIpc) is 3.11. The summed E-state index contributed by atoms with van der Waals surface area (Å²) in [6.45, 7) is 6.54. The molecule has 0 saturated carbocycles. The van der Waals surface area contributed by atoms with Gasteiger partial charge in [0.2, 0.25) is 5.71 Å². The monoisotopic (exact) mass is 378 g/mol. The van der Waals surface area contributed by atoms with E-state index in [1.165, 1.54) is 11.1 Å². The third-order valence-corrected chi connectivity index (χ3v) is 5.20. The molecule has 0 fully saturated rings. The Morgan fingerprint density at radius 1 is 0.655 bits per heavy atom. The fourth-order valence-electron chi connectivity index (χ4n) is 3.74. The number of furan rings is 1. The van der Waals surface area contributed by atoms with Crippen molar-refractivity contribution in [3.63, 3.8) is 0 Å². The Morgan fingerprint density at radius 3 is 2.00 bits per heavy atom. The lowest BCUT2D eigenvalue weighted by atomic mass is 9.89. The molecule has 0 radical (unpaired) electrons. The molecular formula is C26H22N2O. The summed E-state index contributed by atoms with van der Waals surface area (Å²) in [5.41, 5.74) is 5.73. The molecule has 3 aromatic carbocycles. The second kappa shape index (κ2) is 6.56. The minimum Gasteiger partial charge on any atom is -0.438 e. The second-order valence-electron chi connectivity index (χ2n) is 8.37. The van der Waals surface area contributed by atoms with Gasteiger partial charge in [0.15, 0.2) is 5.82 Å². The lowest BCUT2D eigenvalue weighted by Gasteiger charge is -2.19. The standard InChI is InChI=1S/C26H22N2O/c1-26(2,3)23-22-20-11-7-8-12-21(20)29-25(22)28-24(27-23)19-15-13-18(14-16-19)17-9-5-4-6-10-17/h4-16H,1-3H3.